The van der Waals surface area contributed by atoms with E-state index in [0.717, 1.165) is 34.1 Å². The van der Waals surface area contributed by atoms with Crippen molar-refractivity contribution in [2.45, 2.75) is 49.2 Å². The quantitative estimate of drug-likeness (QED) is 0.568. The number of hydrogen-bond donors (Lipinski definition) is 2. The van der Waals surface area contributed by atoms with Crippen molar-refractivity contribution >= 4 is 24.3 Å². The van der Waals surface area contributed by atoms with Gasteiger partial charge in [-0.25, -0.2) is 0 Å². The SMILES string of the molecule is C[CH2][Al+][CH2]C.OC(O)[Si]1CCCCO1. The molecule has 1 aliphatic rings. The van der Waals surface area contributed by atoms with E-state index in [9.17, 15) is 0 Å². The summed E-state index contributed by atoms with van der Waals surface area (Å²) in [6.07, 6.45) is 2.16. The van der Waals surface area contributed by atoms with Gasteiger partial charge in [0.05, 0.1) is 0 Å². The van der Waals surface area contributed by atoms with Crippen LogP contribution < -0.4 is 0 Å². The summed E-state index contributed by atoms with van der Waals surface area (Å²) in [6.45, 7) is 5.21. The summed E-state index contributed by atoms with van der Waals surface area (Å²) in [7, 11) is -1.25. The van der Waals surface area contributed by atoms with Crippen LogP contribution in [-0.2, 0) is 4.43 Å². The van der Waals surface area contributed by atoms with Gasteiger partial charge in [0.25, 0.3) is 9.04 Å². The van der Waals surface area contributed by atoms with E-state index in [0.29, 0.717) is 6.61 Å². The van der Waals surface area contributed by atoms with Crippen LogP contribution >= 0.6 is 0 Å². The first-order valence-corrected chi connectivity index (χ1v) is 8.71. The third-order valence-corrected chi connectivity index (χ3v) is 5.12. The van der Waals surface area contributed by atoms with Crippen LogP contribution in [0.2, 0.25) is 16.6 Å². The Labute approximate surface area is 94.9 Å². The minimum absolute atomic E-state index is 0.714. The second-order valence-electron chi connectivity index (χ2n) is 3.25. The molecule has 0 saturated carbocycles. The molecule has 1 heterocycles. The predicted molar refractivity (Wildman–Crippen MR) is 60.7 cm³/mol. The van der Waals surface area contributed by atoms with Gasteiger partial charge in [0.1, 0.15) is 0 Å². The molecular formula is C9H21AlO3Si+. The van der Waals surface area contributed by atoms with Gasteiger partial charge in [0, 0.05) is 6.61 Å². The van der Waals surface area contributed by atoms with E-state index >= 15 is 0 Å². The molecule has 0 aromatic carbocycles. The van der Waals surface area contributed by atoms with Crippen LogP contribution in [0.4, 0.5) is 0 Å². The molecule has 81 valence electrons. The summed E-state index contributed by atoms with van der Waals surface area (Å²) in [6, 6.07) is 0.877. The van der Waals surface area contributed by atoms with E-state index in [4.69, 9.17) is 14.6 Å². The number of aliphatic hydroxyl groups excluding tert-OH is 1. The Morgan fingerprint density at radius 1 is 1.29 bits per heavy atom. The predicted octanol–water partition coefficient (Wildman–Crippen LogP) is 1.21. The van der Waals surface area contributed by atoms with Gasteiger partial charge in [0.15, 0.2) is 5.91 Å². The maximum Gasteiger partial charge on any atom is 0.275 e. The Balaban J connectivity index is 0.000000292. The molecule has 0 aliphatic carbocycles. The van der Waals surface area contributed by atoms with Crippen LogP contribution in [-0.4, -0.2) is 47.0 Å². The summed E-state index contributed by atoms with van der Waals surface area (Å²) in [5, 5.41) is 20.2. The first kappa shape index (κ1) is 14.6. The fourth-order valence-electron chi connectivity index (χ4n) is 1.17. The zero-order valence-electron chi connectivity index (χ0n) is 9.20. The molecule has 3 nitrogen and oxygen atoms in total. The van der Waals surface area contributed by atoms with Crippen LogP contribution in [0, 0.1) is 0 Å². The molecule has 0 aromatic rings. The fourth-order valence-corrected chi connectivity index (χ4v) is 3.30. The van der Waals surface area contributed by atoms with E-state index in [1.807, 2.05) is 0 Å². The topological polar surface area (TPSA) is 49.7 Å². The van der Waals surface area contributed by atoms with Crippen molar-refractivity contribution < 1.29 is 14.6 Å². The molecular weight excluding hydrogens is 211 g/mol. The first-order valence-electron chi connectivity index (χ1n) is 5.38. The minimum Gasteiger partial charge on any atom is -0.411 e. The Kier molecular flexibility index (Phi) is 10.6. The van der Waals surface area contributed by atoms with Crippen LogP contribution in [0.3, 0.4) is 0 Å². The van der Waals surface area contributed by atoms with Gasteiger partial charge in [-0.05, 0) is 12.5 Å². The standard InChI is InChI=1S/C5H11O3Si.2C2H5.Al/c6-5(7)9-4-2-1-3-8-9;2*1-2;/h5-7H,1-4H2;2*1H2,2H3;/q;;;+1. The maximum atomic E-state index is 8.65. The van der Waals surface area contributed by atoms with Crippen molar-refractivity contribution in [2.75, 3.05) is 6.61 Å². The summed E-state index contributed by atoms with van der Waals surface area (Å²) in [5.41, 5.74) is 0. The average Bonchev–Trinajstić information content (AvgIpc) is 2.21. The Hall–Kier alpha value is 0.629. The molecule has 1 fully saturated rings. The van der Waals surface area contributed by atoms with Gasteiger partial charge < -0.3 is 14.6 Å². The zero-order valence-corrected chi connectivity index (χ0v) is 11.4. The second kappa shape index (κ2) is 10.2. The molecule has 0 bridgehead atoms. The third-order valence-electron chi connectivity index (χ3n) is 1.97. The molecule has 5 heteroatoms. The van der Waals surface area contributed by atoms with Crippen molar-refractivity contribution in [3.8, 4) is 0 Å². The van der Waals surface area contributed by atoms with Crippen molar-refractivity contribution in [1.82, 2.24) is 0 Å². The summed E-state index contributed by atoms with van der Waals surface area (Å²) >= 11 is 0.815. The zero-order chi connectivity index (χ0) is 10.8. The average molecular weight is 232 g/mol. The summed E-state index contributed by atoms with van der Waals surface area (Å²) in [4.78, 5) is 0. The van der Waals surface area contributed by atoms with Crippen LogP contribution in [0.5, 0.6) is 0 Å². The van der Waals surface area contributed by atoms with Crippen molar-refractivity contribution in [2.24, 2.45) is 0 Å². The van der Waals surface area contributed by atoms with Crippen molar-refractivity contribution in [3.63, 3.8) is 0 Å². The van der Waals surface area contributed by atoms with Gasteiger partial charge in [-0.3, -0.25) is 0 Å². The van der Waals surface area contributed by atoms with E-state index in [2.05, 4.69) is 13.8 Å². The summed E-state index contributed by atoms with van der Waals surface area (Å²) < 4.78 is 5.14. The molecule has 1 radical (unpaired) electrons. The van der Waals surface area contributed by atoms with Gasteiger partial charge in [-0.1, -0.05) is 6.42 Å². The van der Waals surface area contributed by atoms with Crippen LogP contribution in [0.15, 0.2) is 0 Å². The van der Waals surface area contributed by atoms with Crippen molar-refractivity contribution in [1.29, 1.82) is 0 Å². The van der Waals surface area contributed by atoms with E-state index in [1.165, 1.54) is 10.6 Å². The fraction of sp³-hybridized carbons (Fsp3) is 1.00. The summed E-state index contributed by atoms with van der Waals surface area (Å²) in [5.74, 6) is -1.18. The molecule has 1 rings (SSSR count). The van der Waals surface area contributed by atoms with Gasteiger partial charge in [0.2, 0.25) is 0 Å². The Morgan fingerprint density at radius 3 is 2.14 bits per heavy atom. The molecule has 2 N–H and O–H groups in total. The Bertz CT molecular complexity index is 117. The van der Waals surface area contributed by atoms with Crippen LogP contribution in [0.1, 0.15) is 26.7 Å². The normalized spacial score (nSPS) is 17.2. The molecule has 0 atom stereocenters. The molecule has 0 unspecified atom stereocenters. The van der Waals surface area contributed by atoms with Gasteiger partial charge in [-0.2, -0.15) is 0 Å². The molecule has 0 spiro atoms. The molecule has 14 heavy (non-hydrogen) atoms. The minimum atomic E-state index is -1.25. The smallest absolute Gasteiger partial charge is 0.275 e. The van der Waals surface area contributed by atoms with E-state index in [-0.39, 0.29) is 0 Å². The van der Waals surface area contributed by atoms with Gasteiger partial charge >= 0.3 is 39.6 Å². The van der Waals surface area contributed by atoms with Crippen LogP contribution in [0.25, 0.3) is 0 Å². The second-order valence-corrected chi connectivity index (χ2v) is 7.70. The molecule has 1 saturated heterocycles. The van der Waals surface area contributed by atoms with E-state index in [1.54, 1.807) is 0 Å². The molecule has 1 aliphatic heterocycles. The first-order chi connectivity index (χ1) is 6.72. The monoisotopic (exact) mass is 232 g/mol. The largest absolute Gasteiger partial charge is 0.411 e. The van der Waals surface area contributed by atoms with E-state index < -0.39 is 15.0 Å². The number of hydrogen-bond acceptors (Lipinski definition) is 3. The number of rotatable bonds is 3. The number of aliphatic hydroxyl groups is 2. The maximum absolute atomic E-state index is 8.65. The third kappa shape index (κ3) is 7.98. The van der Waals surface area contributed by atoms with Gasteiger partial charge in [-0.15, -0.1) is 0 Å². The van der Waals surface area contributed by atoms with Crippen molar-refractivity contribution in [3.05, 3.63) is 0 Å². The molecule has 0 amide bonds. The Morgan fingerprint density at radius 2 is 1.93 bits per heavy atom. The molecule has 0 aromatic heterocycles.